The van der Waals surface area contributed by atoms with Crippen LogP contribution in [0, 0.1) is 0 Å². The average molecular weight is 167 g/mol. The molecule has 1 aromatic rings. The molecule has 0 radical (unpaired) electrons. The minimum Gasteiger partial charge on any atom is -0.504 e. The second kappa shape index (κ2) is 3.45. The Labute approximate surface area is 71.5 Å². The van der Waals surface area contributed by atoms with Gasteiger partial charge in [-0.1, -0.05) is 19.1 Å². The SMILES string of the molecule is CC[C@@H](N)c1cccc(O)c1O. The highest BCUT2D eigenvalue weighted by molar-refractivity contribution is 5.45. The van der Waals surface area contributed by atoms with Crippen LogP contribution in [-0.4, -0.2) is 10.2 Å². The number of phenolic OH excluding ortho intramolecular Hbond substituents is 2. The molecule has 3 heteroatoms. The minimum absolute atomic E-state index is 0.105. The van der Waals surface area contributed by atoms with Gasteiger partial charge in [0.1, 0.15) is 0 Å². The van der Waals surface area contributed by atoms with Gasteiger partial charge >= 0.3 is 0 Å². The van der Waals surface area contributed by atoms with Gasteiger partial charge in [-0.3, -0.25) is 0 Å². The van der Waals surface area contributed by atoms with E-state index in [1.165, 1.54) is 6.07 Å². The van der Waals surface area contributed by atoms with Crippen molar-refractivity contribution in [3.63, 3.8) is 0 Å². The molecule has 0 amide bonds. The quantitative estimate of drug-likeness (QED) is 0.585. The van der Waals surface area contributed by atoms with Crippen LogP contribution >= 0.6 is 0 Å². The highest BCUT2D eigenvalue weighted by Crippen LogP contribution is 2.32. The van der Waals surface area contributed by atoms with Crippen LogP contribution in [0.5, 0.6) is 11.5 Å². The van der Waals surface area contributed by atoms with Crippen LogP contribution in [0.1, 0.15) is 24.9 Å². The molecule has 1 aromatic carbocycles. The second-order valence-electron chi connectivity index (χ2n) is 2.73. The summed E-state index contributed by atoms with van der Waals surface area (Å²) < 4.78 is 0. The molecule has 0 aromatic heterocycles. The topological polar surface area (TPSA) is 66.5 Å². The first-order valence-electron chi connectivity index (χ1n) is 3.93. The number of aromatic hydroxyl groups is 2. The fourth-order valence-corrected chi connectivity index (χ4v) is 1.07. The van der Waals surface area contributed by atoms with E-state index in [2.05, 4.69) is 0 Å². The van der Waals surface area contributed by atoms with Crippen molar-refractivity contribution < 1.29 is 10.2 Å². The van der Waals surface area contributed by atoms with Crippen LogP contribution < -0.4 is 5.73 Å². The maximum atomic E-state index is 9.37. The van der Waals surface area contributed by atoms with Crippen LogP contribution in [0.4, 0.5) is 0 Å². The Kier molecular flexibility index (Phi) is 2.55. The van der Waals surface area contributed by atoms with Crippen LogP contribution in [0.25, 0.3) is 0 Å². The van der Waals surface area contributed by atoms with Gasteiger partial charge in [-0.25, -0.2) is 0 Å². The van der Waals surface area contributed by atoms with E-state index in [0.717, 1.165) is 6.42 Å². The number of phenols is 2. The summed E-state index contributed by atoms with van der Waals surface area (Å²) in [5.41, 5.74) is 6.29. The highest BCUT2D eigenvalue weighted by atomic mass is 16.3. The van der Waals surface area contributed by atoms with Crippen molar-refractivity contribution in [1.82, 2.24) is 0 Å². The summed E-state index contributed by atoms with van der Waals surface area (Å²) >= 11 is 0. The smallest absolute Gasteiger partial charge is 0.162 e. The van der Waals surface area contributed by atoms with Crippen molar-refractivity contribution in [2.24, 2.45) is 5.73 Å². The lowest BCUT2D eigenvalue weighted by Crippen LogP contribution is -2.08. The molecule has 4 N–H and O–H groups in total. The van der Waals surface area contributed by atoms with Crippen molar-refractivity contribution in [3.05, 3.63) is 23.8 Å². The Morgan fingerprint density at radius 1 is 1.42 bits per heavy atom. The number of benzene rings is 1. The maximum Gasteiger partial charge on any atom is 0.162 e. The molecule has 0 heterocycles. The largest absolute Gasteiger partial charge is 0.504 e. The molecule has 0 fully saturated rings. The number of rotatable bonds is 2. The molecule has 12 heavy (non-hydrogen) atoms. The van der Waals surface area contributed by atoms with E-state index in [9.17, 15) is 5.11 Å². The van der Waals surface area contributed by atoms with E-state index in [1.54, 1.807) is 12.1 Å². The Morgan fingerprint density at radius 3 is 2.67 bits per heavy atom. The van der Waals surface area contributed by atoms with Gasteiger partial charge in [0.15, 0.2) is 11.5 Å². The van der Waals surface area contributed by atoms with E-state index in [0.29, 0.717) is 5.56 Å². The van der Waals surface area contributed by atoms with Gasteiger partial charge < -0.3 is 15.9 Å². The Balaban J connectivity index is 3.07. The summed E-state index contributed by atoms with van der Waals surface area (Å²) in [6.45, 7) is 1.92. The van der Waals surface area contributed by atoms with Crippen molar-refractivity contribution >= 4 is 0 Å². The molecule has 1 atom stereocenters. The van der Waals surface area contributed by atoms with Crippen LogP contribution in [0.3, 0.4) is 0 Å². The van der Waals surface area contributed by atoms with E-state index in [4.69, 9.17) is 10.8 Å². The van der Waals surface area contributed by atoms with Gasteiger partial charge in [-0.2, -0.15) is 0 Å². The van der Waals surface area contributed by atoms with E-state index >= 15 is 0 Å². The minimum atomic E-state index is -0.211. The van der Waals surface area contributed by atoms with Crippen LogP contribution in [0.15, 0.2) is 18.2 Å². The molecule has 0 saturated heterocycles. The number of para-hydroxylation sites is 1. The van der Waals surface area contributed by atoms with Crippen molar-refractivity contribution in [2.75, 3.05) is 0 Å². The molecule has 0 bridgehead atoms. The highest BCUT2D eigenvalue weighted by Gasteiger charge is 2.10. The third-order valence-corrected chi connectivity index (χ3v) is 1.89. The molecule has 3 nitrogen and oxygen atoms in total. The molecule has 0 aliphatic heterocycles. The van der Waals surface area contributed by atoms with E-state index in [-0.39, 0.29) is 17.5 Å². The molecular formula is C9H13NO2. The zero-order valence-electron chi connectivity index (χ0n) is 6.99. The normalized spacial score (nSPS) is 12.8. The summed E-state index contributed by atoms with van der Waals surface area (Å²) in [5.74, 6) is -0.219. The van der Waals surface area contributed by atoms with Gasteiger partial charge in [0.25, 0.3) is 0 Å². The molecule has 0 unspecified atom stereocenters. The Morgan fingerprint density at radius 2 is 2.08 bits per heavy atom. The number of hydrogen-bond donors (Lipinski definition) is 3. The summed E-state index contributed by atoms with van der Waals surface area (Å²) in [4.78, 5) is 0. The van der Waals surface area contributed by atoms with Crippen molar-refractivity contribution in [1.29, 1.82) is 0 Å². The van der Waals surface area contributed by atoms with Gasteiger partial charge in [0, 0.05) is 11.6 Å². The monoisotopic (exact) mass is 167 g/mol. The zero-order valence-corrected chi connectivity index (χ0v) is 6.99. The van der Waals surface area contributed by atoms with Crippen LogP contribution in [0.2, 0.25) is 0 Å². The lowest BCUT2D eigenvalue weighted by atomic mass is 10.0. The first kappa shape index (κ1) is 8.87. The fraction of sp³-hybridized carbons (Fsp3) is 0.333. The van der Waals surface area contributed by atoms with Gasteiger partial charge in [0.2, 0.25) is 0 Å². The molecule has 0 aliphatic carbocycles. The predicted molar refractivity (Wildman–Crippen MR) is 47.0 cm³/mol. The molecular weight excluding hydrogens is 154 g/mol. The summed E-state index contributed by atoms with van der Waals surface area (Å²) in [7, 11) is 0. The van der Waals surface area contributed by atoms with Crippen LogP contribution in [-0.2, 0) is 0 Å². The maximum absolute atomic E-state index is 9.37. The third-order valence-electron chi connectivity index (χ3n) is 1.89. The summed E-state index contributed by atoms with van der Waals surface area (Å²) in [6, 6.07) is 4.60. The summed E-state index contributed by atoms with van der Waals surface area (Å²) in [5, 5.41) is 18.5. The fourth-order valence-electron chi connectivity index (χ4n) is 1.07. The predicted octanol–water partition coefficient (Wildman–Crippen LogP) is 1.51. The standard InChI is InChI=1S/C9H13NO2/c1-2-7(10)6-4-3-5-8(11)9(6)12/h3-5,7,11-12H,2,10H2,1H3/t7-/m1/s1. The lowest BCUT2D eigenvalue weighted by molar-refractivity contribution is 0.395. The van der Waals surface area contributed by atoms with E-state index in [1.807, 2.05) is 6.92 Å². The van der Waals surface area contributed by atoms with E-state index < -0.39 is 0 Å². The third kappa shape index (κ3) is 1.51. The molecule has 0 spiro atoms. The zero-order chi connectivity index (χ0) is 9.14. The lowest BCUT2D eigenvalue weighted by Gasteiger charge is -2.11. The summed E-state index contributed by atoms with van der Waals surface area (Å²) in [6.07, 6.45) is 0.733. The molecule has 1 rings (SSSR count). The van der Waals surface area contributed by atoms with Gasteiger partial charge in [-0.15, -0.1) is 0 Å². The molecule has 0 aliphatic rings. The first-order valence-corrected chi connectivity index (χ1v) is 3.93. The molecule has 66 valence electrons. The van der Waals surface area contributed by atoms with Gasteiger partial charge in [-0.05, 0) is 12.5 Å². The second-order valence-corrected chi connectivity index (χ2v) is 2.73. The van der Waals surface area contributed by atoms with Gasteiger partial charge in [0.05, 0.1) is 0 Å². The molecule has 0 saturated carbocycles. The Bertz CT molecular complexity index is 273. The average Bonchev–Trinajstić information content (AvgIpc) is 2.08. The Hall–Kier alpha value is -1.22. The number of hydrogen-bond acceptors (Lipinski definition) is 3. The number of nitrogens with two attached hydrogens (primary N) is 1. The first-order chi connectivity index (χ1) is 5.66. The van der Waals surface area contributed by atoms with Crippen molar-refractivity contribution in [2.45, 2.75) is 19.4 Å². The van der Waals surface area contributed by atoms with Crippen molar-refractivity contribution in [3.8, 4) is 11.5 Å².